The molecule has 1 N–H and O–H groups in total. The van der Waals surface area contributed by atoms with E-state index in [1.54, 1.807) is 6.07 Å². The summed E-state index contributed by atoms with van der Waals surface area (Å²) < 4.78 is 14.1. The molecule has 0 bridgehead atoms. The van der Waals surface area contributed by atoms with Crippen molar-refractivity contribution in [3.63, 3.8) is 0 Å². The normalized spacial score (nSPS) is 14.4. The number of hydrogen-bond acceptors (Lipinski definition) is 3. The molecule has 1 aliphatic heterocycles. The number of halogens is 1. The molecule has 0 atom stereocenters. The molecule has 4 heteroatoms. The van der Waals surface area contributed by atoms with E-state index in [2.05, 4.69) is 21.7 Å². The Balaban J connectivity index is 1.89. The highest BCUT2D eigenvalue weighted by atomic mass is 32.1. The predicted molar refractivity (Wildman–Crippen MR) is 82.9 cm³/mol. The smallest absolute Gasteiger partial charge is 0.129 e. The van der Waals surface area contributed by atoms with Gasteiger partial charge in [-0.2, -0.15) is 0 Å². The molecule has 2 aromatic rings. The first-order valence-corrected chi connectivity index (χ1v) is 7.96. The van der Waals surface area contributed by atoms with Crippen LogP contribution in [0.25, 0.3) is 0 Å². The zero-order valence-corrected chi connectivity index (χ0v) is 12.5. The van der Waals surface area contributed by atoms with Crippen molar-refractivity contribution in [2.45, 2.75) is 26.4 Å². The molecule has 1 aliphatic rings. The lowest BCUT2D eigenvalue weighted by Gasteiger charge is -2.31. The fourth-order valence-corrected chi connectivity index (χ4v) is 3.61. The molecule has 0 fully saturated rings. The lowest BCUT2D eigenvalue weighted by atomic mass is 10.1. The van der Waals surface area contributed by atoms with E-state index in [9.17, 15) is 4.39 Å². The SMILES string of the molecule is CCNCc1c(F)cccc1N1CCc2sccc2C1. The molecule has 2 heterocycles. The number of thiophene rings is 1. The van der Waals surface area contributed by atoms with E-state index in [-0.39, 0.29) is 5.82 Å². The largest absolute Gasteiger partial charge is 0.366 e. The molecule has 0 saturated heterocycles. The van der Waals surface area contributed by atoms with Crippen LogP contribution in [0.15, 0.2) is 29.6 Å². The number of hydrogen-bond donors (Lipinski definition) is 1. The highest BCUT2D eigenvalue weighted by molar-refractivity contribution is 7.10. The van der Waals surface area contributed by atoms with E-state index in [0.717, 1.165) is 37.3 Å². The zero-order chi connectivity index (χ0) is 13.9. The van der Waals surface area contributed by atoms with Gasteiger partial charge in [0.2, 0.25) is 0 Å². The van der Waals surface area contributed by atoms with Crippen LogP contribution in [0.1, 0.15) is 22.9 Å². The van der Waals surface area contributed by atoms with Crippen molar-refractivity contribution in [2.75, 3.05) is 18.0 Å². The van der Waals surface area contributed by atoms with Crippen LogP contribution in [0.4, 0.5) is 10.1 Å². The van der Waals surface area contributed by atoms with Gasteiger partial charge >= 0.3 is 0 Å². The summed E-state index contributed by atoms with van der Waals surface area (Å²) in [6, 6.07) is 7.59. The van der Waals surface area contributed by atoms with E-state index >= 15 is 0 Å². The van der Waals surface area contributed by atoms with Crippen molar-refractivity contribution < 1.29 is 4.39 Å². The molecule has 2 nitrogen and oxygen atoms in total. The van der Waals surface area contributed by atoms with Crippen LogP contribution in [0.3, 0.4) is 0 Å². The third-order valence-electron chi connectivity index (χ3n) is 3.79. The van der Waals surface area contributed by atoms with Gasteiger partial charge in [0.05, 0.1) is 0 Å². The van der Waals surface area contributed by atoms with Crippen molar-refractivity contribution in [3.8, 4) is 0 Å². The van der Waals surface area contributed by atoms with Crippen LogP contribution < -0.4 is 10.2 Å². The molecule has 20 heavy (non-hydrogen) atoms. The Kier molecular flexibility index (Phi) is 4.03. The molecule has 0 spiro atoms. The number of benzene rings is 1. The summed E-state index contributed by atoms with van der Waals surface area (Å²) in [6.45, 7) is 5.34. The first-order chi connectivity index (χ1) is 9.79. The number of nitrogens with zero attached hydrogens (tertiary/aromatic N) is 1. The Bertz CT molecular complexity index is 594. The summed E-state index contributed by atoms with van der Waals surface area (Å²) in [6.07, 6.45) is 1.06. The predicted octanol–water partition coefficient (Wildman–Crippen LogP) is 3.56. The van der Waals surface area contributed by atoms with Gasteiger partial charge in [-0.1, -0.05) is 13.0 Å². The van der Waals surface area contributed by atoms with Crippen LogP contribution in [0, 0.1) is 5.82 Å². The van der Waals surface area contributed by atoms with Gasteiger partial charge in [0.25, 0.3) is 0 Å². The lowest BCUT2D eigenvalue weighted by molar-refractivity contribution is 0.589. The quantitative estimate of drug-likeness (QED) is 0.926. The van der Waals surface area contributed by atoms with E-state index in [1.165, 1.54) is 10.4 Å². The van der Waals surface area contributed by atoms with Gasteiger partial charge in [0.15, 0.2) is 0 Å². The summed E-state index contributed by atoms with van der Waals surface area (Å²) in [5.74, 6) is -0.112. The van der Waals surface area contributed by atoms with Crippen molar-refractivity contribution >= 4 is 17.0 Å². The Morgan fingerprint density at radius 3 is 3.10 bits per heavy atom. The van der Waals surface area contributed by atoms with Crippen molar-refractivity contribution in [1.82, 2.24) is 5.32 Å². The maximum atomic E-state index is 14.1. The van der Waals surface area contributed by atoms with Crippen molar-refractivity contribution in [1.29, 1.82) is 0 Å². The summed E-state index contributed by atoms with van der Waals surface area (Å²) in [5.41, 5.74) is 3.20. The van der Waals surface area contributed by atoms with Gasteiger partial charge in [-0.25, -0.2) is 4.39 Å². The van der Waals surface area contributed by atoms with Gasteiger partial charge in [0, 0.05) is 35.8 Å². The van der Waals surface area contributed by atoms with Crippen molar-refractivity contribution in [2.24, 2.45) is 0 Å². The van der Waals surface area contributed by atoms with Crippen LogP contribution in [0.5, 0.6) is 0 Å². The first-order valence-electron chi connectivity index (χ1n) is 7.08. The summed E-state index contributed by atoms with van der Waals surface area (Å²) in [5, 5.41) is 5.39. The van der Waals surface area contributed by atoms with Gasteiger partial charge in [0.1, 0.15) is 5.82 Å². The molecule has 3 rings (SSSR count). The highest BCUT2D eigenvalue weighted by Crippen LogP contribution is 2.30. The van der Waals surface area contributed by atoms with Crippen LogP contribution in [-0.2, 0) is 19.5 Å². The van der Waals surface area contributed by atoms with Gasteiger partial charge < -0.3 is 10.2 Å². The minimum Gasteiger partial charge on any atom is -0.366 e. The number of fused-ring (bicyclic) bond motifs is 1. The fourth-order valence-electron chi connectivity index (χ4n) is 2.72. The molecular weight excluding hydrogens is 271 g/mol. The third kappa shape index (κ3) is 2.58. The fraction of sp³-hybridized carbons (Fsp3) is 0.375. The molecule has 0 saturated carbocycles. The van der Waals surface area contributed by atoms with Gasteiger partial charge in [-0.3, -0.25) is 0 Å². The monoisotopic (exact) mass is 290 g/mol. The second-order valence-electron chi connectivity index (χ2n) is 5.06. The molecule has 1 aromatic carbocycles. The van der Waals surface area contributed by atoms with Crippen LogP contribution in [-0.4, -0.2) is 13.1 Å². The lowest BCUT2D eigenvalue weighted by Crippen LogP contribution is -2.31. The van der Waals surface area contributed by atoms with Gasteiger partial charge in [-0.15, -0.1) is 11.3 Å². The molecule has 0 radical (unpaired) electrons. The molecule has 0 unspecified atom stereocenters. The zero-order valence-electron chi connectivity index (χ0n) is 11.7. The number of rotatable bonds is 4. The molecule has 106 valence electrons. The maximum Gasteiger partial charge on any atom is 0.129 e. The average Bonchev–Trinajstić information content (AvgIpc) is 2.93. The Morgan fingerprint density at radius 2 is 2.25 bits per heavy atom. The second-order valence-corrected chi connectivity index (χ2v) is 6.06. The van der Waals surface area contributed by atoms with Crippen LogP contribution >= 0.6 is 11.3 Å². The summed E-state index contributed by atoms with van der Waals surface area (Å²) in [7, 11) is 0. The standard InChI is InChI=1S/C16H19FN2S/c1-2-18-10-13-14(17)4-3-5-15(13)19-8-6-16-12(11-19)7-9-20-16/h3-5,7,9,18H,2,6,8,10-11H2,1H3. The Hall–Kier alpha value is -1.39. The topological polar surface area (TPSA) is 15.3 Å². The molecular formula is C16H19FN2S. The van der Waals surface area contributed by atoms with E-state index in [4.69, 9.17) is 0 Å². The maximum absolute atomic E-state index is 14.1. The van der Waals surface area contributed by atoms with Gasteiger partial charge in [-0.05, 0) is 42.1 Å². The average molecular weight is 290 g/mol. The van der Waals surface area contributed by atoms with E-state index in [1.807, 2.05) is 30.4 Å². The van der Waals surface area contributed by atoms with E-state index in [0.29, 0.717) is 6.54 Å². The van der Waals surface area contributed by atoms with Crippen LogP contribution in [0.2, 0.25) is 0 Å². The second kappa shape index (κ2) is 5.94. The number of nitrogens with one attached hydrogen (secondary N) is 1. The third-order valence-corrected chi connectivity index (χ3v) is 4.82. The number of anilines is 1. The first kappa shape index (κ1) is 13.6. The Morgan fingerprint density at radius 1 is 1.35 bits per heavy atom. The van der Waals surface area contributed by atoms with Crippen molar-refractivity contribution in [3.05, 3.63) is 51.5 Å². The van der Waals surface area contributed by atoms with E-state index < -0.39 is 0 Å². The highest BCUT2D eigenvalue weighted by Gasteiger charge is 2.20. The minimum atomic E-state index is -0.112. The minimum absolute atomic E-state index is 0.112. The molecule has 0 aliphatic carbocycles. The summed E-state index contributed by atoms with van der Waals surface area (Å²) >= 11 is 1.83. The Labute approximate surface area is 123 Å². The molecule has 1 aromatic heterocycles. The molecule has 0 amide bonds. The summed E-state index contributed by atoms with van der Waals surface area (Å²) in [4.78, 5) is 3.77.